The number of aromatic nitrogens is 3. The molecule has 208 valence electrons. The summed E-state index contributed by atoms with van der Waals surface area (Å²) >= 11 is 0. The first-order valence-corrected chi connectivity index (χ1v) is 12.4. The van der Waals surface area contributed by atoms with Crippen molar-refractivity contribution in [3.63, 3.8) is 0 Å². The van der Waals surface area contributed by atoms with Gasteiger partial charge in [0.2, 0.25) is 0 Å². The van der Waals surface area contributed by atoms with Crippen molar-refractivity contribution < 1.29 is 5.11 Å². The van der Waals surface area contributed by atoms with Crippen LogP contribution in [-0.2, 0) is 25.7 Å². The number of rotatable bonds is 4. The summed E-state index contributed by atoms with van der Waals surface area (Å²) < 4.78 is 0. The maximum absolute atomic E-state index is 8.85. The number of nitrogens with one attached hydrogen (secondary N) is 2. The lowest BCUT2D eigenvalue weighted by atomic mass is 10.1. The highest BCUT2D eigenvalue weighted by atomic mass is 16.3. The van der Waals surface area contributed by atoms with Gasteiger partial charge in [0.05, 0.1) is 6.33 Å². The zero-order chi connectivity index (χ0) is 25.3. The summed E-state index contributed by atoms with van der Waals surface area (Å²) in [6, 6.07) is 26.1. The van der Waals surface area contributed by atoms with Crippen LogP contribution in [0.15, 0.2) is 97.6 Å². The predicted molar refractivity (Wildman–Crippen MR) is 169 cm³/mol. The van der Waals surface area contributed by atoms with Gasteiger partial charge in [-0.3, -0.25) is 0 Å². The lowest BCUT2D eigenvalue weighted by Crippen LogP contribution is -1.75. The number of benzene rings is 3. The van der Waals surface area contributed by atoms with Crippen LogP contribution in [0.25, 0.3) is 10.9 Å². The molecule has 0 bridgehead atoms. The fourth-order valence-corrected chi connectivity index (χ4v) is 3.35. The van der Waals surface area contributed by atoms with Crippen LogP contribution in [0.3, 0.4) is 0 Å². The van der Waals surface area contributed by atoms with Crippen LogP contribution >= 0.6 is 0 Å². The van der Waals surface area contributed by atoms with Crippen LogP contribution in [0.5, 0.6) is 5.75 Å². The topological polar surface area (TPSA) is 64.7 Å². The second-order valence-electron chi connectivity index (χ2n) is 8.00. The highest BCUT2D eigenvalue weighted by molar-refractivity contribution is 5.82. The molecule has 0 fully saturated rings. The van der Waals surface area contributed by atoms with Crippen molar-refractivity contribution in [1.29, 1.82) is 0 Å². The number of fused-ring (bicyclic) bond motifs is 1. The summed E-state index contributed by atoms with van der Waals surface area (Å²) in [5.41, 5.74) is 6.50. The van der Waals surface area contributed by atoms with E-state index in [1.807, 2.05) is 24.4 Å². The van der Waals surface area contributed by atoms with Crippen LogP contribution < -0.4 is 0 Å². The molecule has 5 aromatic rings. The Kier molecular flexibility index (Phi) is 20.4. The molecule has 0 unspecified atom stereocenters. The minimum absolute atomic E-state index is 0. The van der Waals surface area contributed by atoms with Gasteiger partial charge in [0.25, 0.3) is 0 Å². The third-order valence-electron chi connectivity index (χ3n) is 5.59. The molecule has 0 aliphatic rings. The van der Waals surface area contributed by atoms with Crippen LogP contribution in [0.1, 0.15) is 72.4 Å². The highest BCUT2D eigenvalue weighted by Crippen LogP contribution is 2.17. The van der Waals surface area contributed by atoms with Crippen LogP contribution in [-0.4, -0.2) is 20.1 Å². The van der Waals surface area contributed by atoms with Gasteiger partial charge in [-0.05, 0) is 60.6 Å². The molecule has 0 saturated heterocycles. The number of hydrogen-bond donors (Lipinski definition) is 3. The maximum atomic E-state index is 8.85. The summed E-state index contributed by atoms with van der Waals surface area (Å²) in [7, 11) is 0. The van der Waals surface area contributed by atoms with Gasteiger partial charge in [-0.15, -0.1) is 0 Å². The Morgan fingerprint density at radius 2 is 1.21 bits per heavy atom. The fourth-order valence-electron chi connectivity index (χ4n) is 3.35. The van der Waals surface area contributed by atoms with Gasteiger partial charge >= 0.3 is 0 Å². The van der Waals surface area contributed by atoms with Crippen molar-refractivity contribution in [1.82, 2.24) is 15.0 Å². The van der Waals surface area contributed by atoms with Gasteiger partial charge in [0, 0.05) is 29.0 Å². The number of aromatic amines is 2. The molecule has 5 rings (SSSR count). The van der Waals surface area contributed by atoms with E-state index in [0.29, 0.717) is 5.75 Å². The molecular weight excluding hydrogens is 466 g/mol. The Balaban J connectivity index is 0. The Hall–Kier alpha value is -3.79. The Morgan fingerprint density at radius 3 is 1.68 bits per heavy atom. The number of phenolic OH excluding ortho intramolecular Hbond substituents is 1. The van der Waals surface area contributed by atoms with Crippen molar-refractivity contribution in [3.05, 3.63) is 120 Å². The molecule has 3 aromatic carbocycles. The Labute approximate surface area is 232 Å². The molecule has 0 amide bonds. The number of imidazole rings is 1. The van der Waals surface area contributed by atoms with Gasteiger partial charge in [0.1, 0.15) is 5.75 Å². The van der Waals surface area contributed by atoms with E-state index in [9.17, 15) is 0 Å². The monoisotopic (exact) mass is 517 g/mol. The van der Waals surface area contributed by atoms with E-state index in [4.69, 9.17) is 5.11 Å². The van der Waals surface area contributed by atoms with E-state index >= 15 is 0 Å². The molecule has 0 spiro atoms. The highest BCUT2D eigenvalue weighted by Gasteiger charge is 1.98. The van der Waals surface area contributed by atoms with E-state index < -0.39 is 0 Å². The molecular formula is C34H51N3O. The summed E-state index contributed by atoms with van der Waals surface area (Å²) in [5.74, 6) is 0.340. The molecule has 0 atom stereocenters. The number of aryl methyl sites for hydroxylation is 4. The maximum Gasteiger partial charge on any atom is 0.115 e. The second-order valence-corrected chi connectivity index (χ2v) is 8.00. The first kappa shape index (κ1) is 36.4. The zero-order valence-electron chi connectivity index (χ0n) is 21.5. The van der Waals surface area contributed by atoms with Crippen molar-refractivity contribution in [2.75, 3.05) is 0 Å². The Morgan fingerprint density at radius 1 is 0.632 bits per heavy atom. The molecule has 0 radical (unpaired) electrons. The van der Waals surface area contributed by atoms with E-state index in [0.717, 1.165) is 25.7 Å². The molecule has 2 aromatic heterocycles. The average Bonchev–Trinajstić information content (AvgIpc) is 3.61. The van der Waals surface area contributed by atoms with Crippen LogP contribution in [0.2, 0.25) is 0 Å². The predicted octanol–water partition coefficient (Wildman–Crippen LogP) is 9.81. The lowest BCUT2D eigenvalue weighted by molar-refractivity contribution is 0.475. The van der Waals surface area contributed by atoms with Crippen LogP contribution in [0, 0.1) is 0 Å². The first-order valence-electron chi connectivity index (χ1n) is 12.4. The quantitative estimate of drug-likeness (QED) is 0.222. The van der Waals surface area contributed by atoms with Crippen LogP contribution in [0.4, 0.5) is 0 Å². The smallest absolute Gasteiger partial charge is 0.115 e. The number of hydrogen-bond acceptors (Lipinski definition) is 2. The third-order valence-corrected chi connectivity index (χ3v) is 5.59. The van der Waals surface area contributed by atoms with E-state index in [-0.39, 0.29) is 22.3 Å². The molecule has 0 aliphatic carbocycles. The number of aromatic hydroxyl groups is 1. The fraction of sp³-hybridized carbons (Fsp3) is 0.324. The van der Waals surface area contributed by atoms with E-state index in [2.05, 4.69) is 97.4 Å². The minimum atomic E-state index is 0. The number of nitrogens with zero attached hydrogens (tertiary/aromatic N) is 1. The molecule has 38 heavy (non-hydrogen) atoms. The van der Waals surface area contributed by atoms with Gasteiger partial charge in [-0.2, -0.15) is 0 Å². The SMILES string of the molecule is C.C.C.CCc1c[nH]c2ccccc12.CCc1ccc(O)cc1.CCc1ccccc1.CCc1cnc[nH]1. The first-order chi connectivity index (χ1) is 17.1. The minimum Gasteiger partial charge on any atom is -0.508 e. The van der Waals surface area contributed by atoms with Crippen molar-refractivity contribution in [3.8, 4) is 5.75 Å². The summed E-state index contributed by atoms with van der Waals surface area (Å²) in [6.45, 7) is 8.52. The number of H-pyrrole nitrogens is 2. The Bertz CT molecular complexity index is 1180. The molecule has 3 N–H and O–H groups in total. The van der Waals surface area contributed by atoms with Gasteiger partial charge in [-0.25, -0.2) is 4.98 Å². The molecule has 2 heterocycles. The normalized spacial score (nSPS) is 8.95. The van der Waals surface area contributed by atoms with E-state index in [1.54, 1.807) is 18.5 Å². The largest absolute Gasteiger partial charge is 0.508 e. The molecule has 4 nitrogen and oxygen atoms in total. The number of para-hydroxylation sites is 1. The zero-order valence-corrected chi connectivity index (χ0v) is 21.5. The standard InChI is InChI=1S/C10H11N.C8H10O.C8H10.C5H8N2.3CH4/c1-2-8-7-11-10-6-4-3-5-9(8)10;1-2-7-3-5-8(9)6-4-7;1-2-8-6-4-3-5-7-8;1-2-5-3-6-4-7-5;;;/h3-7,11H,2H2,1H3;3-6,9H,2H2,1H3;3-7H,2H2,1H3;3-4H,2H2,1H3,(H,6,7);3*1H4. The van der Waals surface area contributed by atoms with Gasteiger partial charge in [-0.1, -0.05) is 111 Å². The van der Waals surface area contributed by atoms with E-state index in [1.165, 1.54) is 33.3 Å². The average molecular weight is 518 g/mol. The van der Waals surface area contributed by atoms with Crippen molar-refractivity contribution in [2.24, 2.45) is 0 Å². The second kappa shape index (κ2) is 21.3. The van der Waals surface area contributed by atoms with Gasteiger partial charge in [0.15, 0.2) is 0 Å². The summed E-state index contributed by atoms with van der Waals surface area (Å²) in [5, 5.41) is 10.2. The third kappa shape index (κ3) is 13.0. The molecule has 4 heteroatoms. The number of phenols is 1. The summed E-state index contributed by atoms with van der Waals surface area (Å²) in [4.78, 5) is 10.1. The molecule has 0 aliphatic heterocycles. The summed E-state index contributed by atoms with van der Waals surface area (Å²) in [6.07, 6.45) is 9.93. The van der Waals surface area contributed by atoms with Crippen molar-refractivity contribution >= 4 is 10.9 Å². The molecule has 0 saturated carbocycles. The van der Waals surface area contributed by atoms with Gasteiger partial charge < -0.3 is 15.1 Å². The van der Waals surface area contributed by atoms with Crippen molar-refractivity contribution in [2.45, 2.75) is 75.7 Å². The lowest BCUT2D eigenvalue weighted by Gasteiger charge is -1.93.